The summed E-state index contributed by atoms with van der Waals surface area (Å²) in [5, 5.41) is 0.455. The zero-order valence-corrected chi connectivity index (χ0v) is 19.2. The molecule has 33 heavy (non-hydrogen) atoms. The molecule has 1 aromatic rings. The second-order valence-electron chi connectivity index (χ2n) is 9.94. The summed E-state index contributed by atoms with van der Waals surface area (Å²) in [6.45, 7) is 6.33. The van der Waals surface area contributed by atoms with Crippen LogP contribution in [-0.4, -0.2) is 52.2 Å². The number of rotatable bonds is 7. The maximum Gasteiger partial charge on any atom is 0.534 e. The molecule has 3 fully saturated rings. The number of benzene rings is 1. The van der Waals surface area contributed by atoms with Gasteiger partial charge in [0.2, 0.25) is 0 Å². The van der Waals surface area contributed by atoms with E-state index in [4.69, 9.17) is 9.47 Å². The lowest BCUT2D eigenvalue weighted by atomic mass is 10.1. The molecule has 178 valence electrons. The van der Waals surface area contributed by atoms with Gasteiger partial charge in [0.1, 0.15) is 12.2 Å². The van der Waals surface area contributed by atoms with Crippen molar-refractivity contribution in [3.63, 3.8) is 0 Å². The molecular formula is C24H30N2O7. The Morgan fingerprint density at radius 2 is 1.70 bits per heavy atom. The summed E-state index contributed by atoms with van der Waals surface area (Å²) in [5.41, 5.74) is 1.33. The summed E-state index contributed by atoms with van der Waals surface area (Å²) in [7, 11) is 0. The fourth-order valence-corrected chi connectivity index (χ4v) is 3.89. The van der Waals surface area contributed by atoms with Crippen molar-refractivity contribution in [1.29, 1.82) is 0 Å². The van der Waals surface area contributed by atoms with Gasteiger partial charge in [-0.1, -0.05) is 29.3 Å². The maximum atomic E-state index is 12.7. The lowest BCUT2D eigenvalue weighted by molar-refractivity contribution is -0.177. The predicted molar refractivity (Wildman–Crippen MR) is 116 cm³/mol. The van der Waals surface area contributed by atoms with Crippen LogP contribution in [0.3, 0.4) is 0 Å². The van der Waals surface area contributed by atoms with Crippen LogP contribution in [0, 0.1) is 5.92 Å². The fraction of sp³-hybridized carbons (Fsp3) is 0.583. The van der Waals surface area contributed by atoms with E-state index in [1.807, 2.05) is 49.9 Å². The van der Waals surface area contributed by atoms with Crippen LogP contribution in [0.25, 0.3) is 0 Å². The number of carbonyl (C=O) groups excluding carboxylic acids is 4. The molecular weight excluding hydrogens is 428 g/mol. The van der Waals surface area contributed by atoms with Crippen molar-refractivity contribution in [1.82, 2.24) is 9.96 Å². The lowest BCUT2D eigenvalue weighted by Gasteiger charge is -2.28. The van der Waals surface area contributed by atoms with E-state index in [2.05, 4.69) is 4.84 Å². The first-order valence-electron chi connectivity index (χ1n) is 11.4. The summed E-state index contributed by atoms with van der Waals surface area (Å²) in [6, 6.07) is 7.76. The topological polar surface area (TPSA) is 102 Å². The van der Waals surface area contributed by atoms with Crippen molar-refractivity contribution in [3.8, 4) is 0 Å². The van der Waals surface area contributed by atoms with Gasteiger partial charge < -0.3 is 14.4 Å². The zero-order chi connectivity index (χ0) is 23.8. The minimum atomic E-state index is -1.10. The number of nitrogens with zero attached hydrogens (tertiary/aromatic N) is 2. The minimum Gasteiger partial charge on any atom is -0.444 e. The number of hydroxylamine groups is 2. The molecule has 3 amide bonds. The fourth-order valence-electron chi connectivity index (χ4n) is 3.89. The van der Waals surface area contributed by atoms with Gasteiger partial charge in [-0.25, -0.2) is 9.59 Å². The first kappa shape index (κ1) is 23.1. The molecule has 0 N–H and O–H groups in total. The quantitative estimate of drug-likeness (QED) is 0.451. The molecule has 2 unspecified atom stereocenters. The Bertz CT molecular complexity index is 917. The Morgan fingerprint density at radius 1 is 1.06 bits per heavy atom. The summed E-state index contributed by atoms with van der Waals surface area (Å²) in [5.74, 6) is -0.280. The number of ether oxygens (including phenoxy) is 2. The molecule has 9 heteroatoms. The first-order chi connectivity index (χ1) is 15.6. The Morgan fingerprint density at radius 3 is 2.27 bits per heavy atom. The van der Waals surface area contributed by atoms with E-state index >= 15 is 0 Å². The van der Waals surface area contributed by atoms with Crippen molar-refractivity contribution in [3.05, 3.63) is 35.4 Å². The highest BCUT2D eigenvalue weighted by Gasteiger charge is 2.47. The molecule has 4 rings (SSSR count). The van der Waals surface area contributed by atoms with Crippen LogP contribution >= 0.6 is 0 Å². The summed E-state index contributed by atoms with van der Waals surface area (Å²) >= 11 is 0. The smallest absolute Gasteiger partial charge is 0.444 e. The van der Waals surface area contributed by atoms with Gasteiger partial charge in [0, 0.05) is 31.3 Å². The molecule has 1 saturated heterocycles. The van der Waals surface area contributed by atoms with E-state index in [0.717, 1.165) is 36.9 Å². The highest BCUT2D eigenvalue weighted by Crippen LogP contribution is 2.46. The first-order valence-corrected chi connectivity index (χ1v) is 11.4. The van der Waals surface area contributed by atoms with Crippen LogP contribution in [0.2, 0.25) is 0 Å². The van der Waals surface area contributed by atoms with Crippen molar-refractivity contribution >= 4 is 24.1 Å². The van der Waals surface area contributed by atoms with Crippen LogP contribution in [0.4, 0.5) is 9.59 Å². The molecule has 9 nitrogen and oxygen atoms in total. The van der Waals surface area contributed by atoms with Gasteiger partial charge in [0.05, 0.1) is 0 Å². The number of hydrogen-bond donors (Lipinski definition) is 0. The molecule has 2 atom stereocenters. The van der Waals surface area contributed by atoms with E-state index in [9.17, 15) is 19.2 Å². The third-order valence-corrected chi connectivity index (χ3v) is 5.87. The highest BCUT2D eigenvalue weighted by atomic mass is 16.8. The van der Waals surface area contributed by atoms with E-state index in [0.29, 0.717) is 11.0 Å². The number of imide groups is 1. The van der Waals surface area contributed by atoms with E-state index in [-0.39, 0.29) is 37.5 Å². The third-order valence-electron chi connectivity index (χ3n) is 5.87. The van der Waals surface area contributed by atoms with Crippen molar-refractivity contribution < 1.29 is 33.5 Å². The van der Waals surface area contributed by atoms with Gasteiger partial charge in [0.25, 0.3) is 11.8 Å². The van der Waals surface area contributed by atoms with Crippen LogP contribution < -0.4 is 0 Å². The molecule has 1 aliphatic heterocycles. The normalized spacial score (nSPS) is 22.2. The molecule has 1 aromatic carbocycles. The van der Waals surface area contributed by atoms with Crippen LogP contribution in [0.5, 0.6) is 0 Å². The predicted octanol–water partition coefficient (Wildman–Crippen LogP) is 3.91. The second-order valence-corrected chi connectivity index (χ2v) is 9.94. The van der Waals surface area contributed by atoms with Crippen LogP contribution in [0.15, 0.2) is 24.3 Å². The Hall–Kier alpha value is -3.10. The SMILES string of the molecule is CC(C)(C)OC(=O)N(CC1CC1)C1CC1c1ccc(COC(=O)ON2C(=O)CCC2=O)cc1. The van der Waals surface area contributed by atoms with Gasteiger partial charge in [-0.05, 0) is 57.1 Å². The standard InChI is InChI=1S/C24H30N2O7/c1-24(2,3)32-22(29)25(13-15-4-5-15)19-12-18(19)17-8-6-16(7-9-17)14-31-23(30)33-26-20(27)10-11-21(26)28/h6-9,15,18-19H,4-5,10-14H2,1-3H3. The van der Waals surface area contributed by atoms with Gasteiger partial charge in [0.15, 0.2) is 0 Å². The third kappa shape index (κ3) is 6.03. The van der Waals surface area contributed by atoms with Crippen molar-refractivity contribution in [2.24, 2.45) is 5.92 Å². The Balaban J connectivity index is 1.29. The lowest BCUT2D eigenvalue weighted by Crippen LogP contribution is -2.40. The van der Waals surface area contributed by atoms with E-state index in [1.54, 1.807) is 0 Å². The molecule has 0 aromatic heterocycles. The van der Waals surface area contributed by atoms with Crippen LogP contribution in [-0.2, 0) is 30.5 Å². The van der Waals surface area contributed by atoms with Gasteiger partial charge in [-0.2, -0.15) is 0 Å². The monoisotopic (exact) mass is 458 g/mol. The average molecular weight is 459 g/mol. The second kappa shape index (κ2) is 9.03. The Kier molecular flexibility index (Phi) is 6.32. The number of carbonyl (C=O) groups is 4. The van der Waals surface area contributed by atoms with Gasteiger partial charge >= 0.3 is 12.2 Å². The number of hydrogen-bond acceptors (Lipinski definition) is 7. The molecule has 2 saturated carbocycles. The molecule has 0 radical (unpaired) electrons. The number of amides is 3. The van der Waals surface area contributed by atoms with Crippen LogP contribution in [0.1, 0.15) is 69.9 Å². The largest absolute Gasteiger partial charge is 0.534 e. The highest BCUT2D eigenvalue weighted by molar-refractivity contribution is 6.01. The maximum absolute atomic E-state index is 12.7. The van der Waals surface area contributed by atoms with Crippen molar-refractivity contribution in [2.75, 3.05) is 6.54 Å². The van der Waals surface area contributed by atoms with E-state index in [1.165, 1.54) is 0 Å². The summed E-state index contributed by atoms with van der Waals surface area (Å²) < 4.78 is 10.6. The summed E-state index contributed by atoms with van der Waals surface area (Å²) in [6.07, 6.45) is 1.93. The van der Waals surface area contributed by atoms with Gasteiger partial charge in [-0.15, -0.1) is 0 Å². The molecule has 1 heterocycles. The zero-order valence-electron chi connectivity index (χ0n) is 19.2. The van der Waals surface area contributed by atoms with E-state index < -0.39 is 23.6 Å². The molecule has 0 spiro atoms. The van der Waals surface area contributed by atoms with Crippen molar-refractivity contribution in [2.45, 2.75) is 77.0 Å². The Labute approximate surface area is 192 Å². The average Bonchev–Trinajstić information content (AvgIpc) is 3.66. The summed E-state index contributed by atoms with van der Waals surface area (Å²) in [4.78, 5) is 54.1. The molecule has 3 aliphatic rings. The minimum absolute atomic E-state index is 0.0295. The van der Waals surface area contributed by atoms with Gasteiger partial charge in [-0.3, -0.25) is 14.4 Å². The molecule has 2 aliphatic carbocycles. The molecule has 0 bridgehead atoms.